The molecular formula is C8H18BN. The van der Waals surface area contributed by atoms with Gasteiger partial charge in [0.15, 0.2) is 0 Å². The Morgan fingerprint density at radius 3 is 2.20 bits per heavy atom. The topological polar surface area (TPSA) is 3.24 Å². The Morgan fingerprint density at radius 2 is 1.90 bits per heavy atom. The van der Waals surface area contributed by atoms with E-state index in [2.05, 4.69) is 32.7 Å². The molecule has 0 fully saturated rings. The van der Waals surface area contributed by atoms with Crippen molar-refractivity contribution in [2.24, 2.45) is 0 Å². The summed E-state index contributed by atoms with van der Waals surface area (Å²) < 4.78 is 0. The van der Waals surface area contributed by atoms with Crippen LogP contribution < -0.4 is 0 Å². The second-order valence-electron chi connectivity index (χ2n) is 3.20. The maximum absolute atomic E-state index is 5.77. The first-order valence-electron chi connectivity index (χ1n) is 4.03. The quantitative estimate of drug-likeness (QED) is 0.535. The van der Waals surface area contributed by atoms with Crippen LogP contribution >= 0.6 is 0 Å². The Bertz CT molecular complexity index is 83.3. The molecule has 0 amide bonds. The molecule has 10 heavy (non-hydrogen) atoms. The summed E-state index contributed by atoms with van der Waals surface area (Å²) in [6.45, 7) is 7.50. The van der Waals surface area contributed by atoms with Crippen LogP contribution in [0.5, 0.6) is 0 Å². The molecule has 0 saturated carbocycles. The predicted molar refractivity (Wildman–Crippen MR) is 47.6 cm³/mol. The molecule has 1 unspecified atom stereocenters. The molecule has 0 saturated heterocycles. The Hall–Kier alpha value is 0.0249. The first-order valence-corrected chi connectivity index (χ1v) is 4.03. The van der Waals surface area contributed by atoms with Gasteiger partial charge in [0.1, 0.15) is 0 Å². The molecule has 1 atom stereocenters. The minimum atomic E-state index is 0.340. The van der Waals surface area contributed by atoms with Crippen LogP contribution in [0.1, 0.15) is 27.2 Å². The second kappa shape index (κ2) is 4.78. The molecule has 0 aliphatic heterocycles. The molecule has 0 spiro atoms. The fourth-order valence-electron chi connectivity index (χ4n) is 0.710. The summed E-state index contributed by atoms with van der Waals surface area (Å²) in [5, 5.41) is 0. The average Bonchev–Trinajstić information content (AvgIpc) is 1.87. The van der Waals surface area contributed by atoms with Crippen LogP contribution in [0.4, 0.5) is 0 Å². The highest BCUT2D eigenvalue weighted by atomic mass is 15.1. The highest BCUT2D eigenvalue weighted by Gasteiger charge is 2.05. The van der Waals surface area contributed by atoms with Gasteiger partial charge in [0.2, 0.25) is 0 Å². The molecular weight excluding hydrogens is 121 g/mol. The van der Waals surface area contributed by atoms with Crippen molar-refractivity contribution in [1.82, 2.24) is 4.90 Å². The van der Waals surface area contributed by atoms with Crippen LogP contribution in [0.15, 0.2) is 0 Å². The van der Waals surface area contributed by atoms with Crippen molar-refractivity contribution >= 4 is 7.85 Å². The van der Waals surface area contributed by atoms with Gasteiger partial charge in [-0.25, -0.2) is 0 Å². The third kappa shape index (κ3) is 3.94. The van der Waals surface area contributed by atoms with Gasteiger partial charge in [-0.2, -0.15) is 0 Å². The fourth-order valence-corrected chi connectivity index (χ4v) is 0.710. The molecule has 0 heterocycles. The van der Waals surface area contributed by atoms with Gasteiger partial charge < -0.3 is 4.90 Å². The van der Waals surface area contributed by atoms with Crippen molar-refractivity contribution in [3.63, 3.8) is 0 Å². The SMILES string of the molecule is [B]C(CC)CN(C)C(C)C. The van der Waals surface area contributed by atoms with Crippen molar-refractivity contribution in [3.8, 4) is 0 Å². The van der Waals surface area contributed by atoms with E-state index in [-0.39, 0.29) is 0 Å². The lowest BCUT2D eigenvalue weighted by Crippen LogP contribution is -2.29. The van der Waals surface area contributed by atoms with Gasteiger partial charge in [0.25, 0.3) is 0 Å². The molecule has 0 aromatic heterocycles. The van der Waals surface area contributed by atoms with E-state index in [4.69, 9.17) is 7.85 Å². The van der Waals surface area contributed by atoms with Gasteiger partial charge >= 0.3 is 0 Å². The van der Waals surface area contributed by atoms with E-state index in [9.17, 15) is 0 Å². The lowest BCUT2D eigenvalue weighted by atomic mass is 9.84. The second-order valence-corrected chi connectivity index (χ2v) is 3.20. The average molecular weight is 139 g/mol. The smallest absolute Gasteiger partial charge is 0.0716 e. The number of hydrogen-bond acceptors (Lipinski definition) is 1. The zero-order chi connectivity index (χ0) is 8.15. The Balaban J connectivity index is 3.46. The molecule has 0 aliphatic rings. The molecule has 0 bridgehead atoms. The number of nitrogens with zero attached hydrogens (tertiary/aromatic N) is 1. The summed E-state index contributed by atoms with van der Waals surface area (Å²) in [7, 11) is 7.88. The van der Waals surface area contributed by atoms with Crippen molar-refractivity contribution in [3.05, 3.63) is 0 Å². The predicted octanol–water partition coefficient (Wildman–Crippen LogP) is 1.69. The Labute approximate surface area is 66.2 Å². The Kier molecular flexibility index (Phi) is 4.79. The van der Waals surface area contributed by atoms with Crippen LogP contribution in [0.25, 0.3) is 0 Å². The fraction of sp³-hybridized carbons (Fsp3) is 1.00. The van der Waals surface area contributed by atoms with Gasteiger partial charge in [-0.1, -0.05) is 19.2 Å². The molecule has 2 heteroatoms. The van der Waals surface area contributed by atoms with Crippen LogP contribution in [-0.4, -0.2) is 32.4 Å². The van der Waals surface area contributed by atoms with Crippen LogP contribution in [0.2, 0.25) is 5.82 Å². The first-order chi connectivity index (χ1) is 4.57. The molecule has 0 aromatic rings. The summed E-state index contributed by atoms with van der Waals surface area (Å²) >= 11 is 0. The molecule has 58 valence electrons. The molecule has 2 radical (unpaired) electrons. The summed E-state index contributed by atoms with van der Waals surface area (Å²) in [6.07, 6.45) is 1.07. The van der Waals surface area contributed by atoms with E-state index in [1.807, 2.05) is 0 Å². The minimum Gasteiger partial charge on any atom is -0.304 e. The van der Waals surface area contributed by atoms with Crippen LogP contribution in [-0.2, 0) is 0 Å². The standard InChI is InChI=1S/C8H18BN/c1-5-8(9)6-10(4)7(2)3/h7-8H,5-6H2,1-4H3. The molecule has 0 N–H and O–H groups in total. The van der Waals surface area contributed by atoms with E-state index in [0.717, 1.165) is 13.0 Å². The van der Waals surface area contributed by atoms with E-state index >= 15 is 0 Å². The minimum absolute atomic E-state index is 0.340. The third-order valence-corrected chi connectivity index (χ3v) is 1.93. The number of rotatable bonds is 4. The normalized spacial score (nSPS) is 14.6. The van der Waals surface area contributed by atoms with Crippen molar-refractivity contribution in [2.45, 2.75) is 39.1 Å². The summed E-state index contributed by atoms with van der Waals surface area (Å²) in [4.78, 5) is 2.27. The van der Waals surface area contributed by atoms with Crippen LogP contribution in [0.3, 0.4) is 0 Å². The summed E-state index contributed by atoms with van der Waals surface area (Å²) in [6, 6.07) is 0.609. The summed E-state index contributed by atoms with van der Waals surface area (Å²) in [5.74, 6) is 0.340. The van der Waals surface area contributed by atoms with Crippen LogP contribution in [0, 0.1) is 0 Å². The van der Waals surface area contributed by atoms with Gasteiger partial charge in [-0.3, -0.25) is 0 Å². The van der Waals surface area contributed by atoms with Crippen molar-refractivity contribution in [1.29, 1.82) is 0 Å². The van der Waals surface area contributed by atoms with E-state index in [1.54, 1.807) is 0 Å². The lowest BCUT2D eigenvalue weighted by Gasteiger charge is -2.24. The monoisotopic (exact) mass is 139 g/mol. The molecule has 1 nitrogen and oxygen atoms in total. The van der Waals surface area contributed by atoms with Crippen molar-refractivity contribution < 1.29 is 0 Å². The largest absolute Gasteiger partial charge is 0.304 e. The lowest BCUT2D eigenvalue weighted by molar-refractivity contribution is 0.270. The van der Waals surface area contributed by atoms with Gasteiger partial charge in [-0.15, -0.1) is 0 Å². The zero-order valence-electron chi connectivity index (χ0n) is 7.59. The van der Waals surface area contributed by atoms with Gasteiger partial charge in [0.05, 0.1) is 7.85 Å². The van der Waals surface area contributed by atoms with E-state index in [1.165, 1.54) is 0 Å². The molecule has 0 aliphatic carbocycles. The maximum atomic E-state index is 5.77. The molecule has 0 rings (SSSR count). The van der Waals surface area contributed by atoms with Gasteiger partial charge in [-0.05, 0) is 27.4 Å². The van der Waals surface area contributed by atoms with Crippen molar-refractivity contribution in [2.75, 3.05) is 13.6 Å². The highest BCUT2D eigenvalue weighted by Crippen LogP contribution is 2.07. The number of hydrogen-bond donors (Lipinski definition) is 0. The summed E-state index contributed by atoms with van der Waals surface area (Å²) in [5.41, 5.74) is 0. The van der Waals surface area contributed by atoms with E-state index < -0.39 is 0 Å². The third-order valence-electron chi connectivity index (χ3n) is 1.93. The maximum Gasteiger partial charge on any atom is 0.0716 e. The van der Waals surface area contributed by atoms with E-state index in [0.29, 0.717) is 11.9 Å². The van der Waals surface area contributed by atoms with Gasteiger partial charge in [0, 0.05) is 6.04 Å². The first kappa shape index (κ1) is 10.0. The zero-order valence-corrected chi connectivity index (χ0v) is 7.59. The molecule has 0 aromatic carbocycles. The Morgan fingerprint density at radius 1 is 1.40 bits per heavy atom. The highest BCUT2D eigenvalue weighted by molar-refractivity contribution is 6.11.